The molecule has 136 valence electrons. The second-order valence-corrected chi connectivity index (χ2v) is 5.72. The number of benzene rings is 1. The van der Waals surface area contributed by atoms with Crippen LogP contribution in [0.2, 0.25) is 5.02 Å². The van der Waals surface area contributed by atoms with Crippen molar-refractivity contribution in [2.24, 2.45) is 4.99 Å². The highest BCUT2D eigenvalue weighted by Gasteiger charge is 2.06. The molecule has 0 aliphatic rings. The highest BCUT2D eigenvalue weighted by Crippen LogP contribution is 2.16. The van der Waals surface area contributed by atoms with Crippen LogP contribution < -0.4 is 10.6 Å². The number of aliphatic imine (C=N–C) groups is 1. The van der Waals surface area contributed by atoms with E-state index in [1.807, 2.05) is 25.1 Å². The standard InChI is InChI=1S/C16H25ClN4O2.HI/c1-12-9-13(5-6-14(12)17)10-19-16(18-7-8-23-4)20-11-15(22)21(2)3;/h5-6,9H,7-8,10-11H2,1-4H3,(H2,18,19,20);1H. The van der Waals surface area contributed by atoms with Gasteiger partial charge in [0.15, 0.2) is 5.96 Å². The Hall–Kier alpha value is -1.06. The average Bonchev–Trinajstić information content (AvgIpc) is 2.52. The summed E-state index contributed by atoms with van der Waals surface area (Å²) < 4.78 is 5.01. The van der Waals surface area contributed by atoms with Crippen molar-refractivity contribution < 1.29 is 9.53 Å². The highest BCUT2D eigenvalue weighted by molar-refractivity contribution is 14.0. The van der Waals surface area contributed by atoms with Gasteiger partial charge in [0, 0.05) is 32.8 Å². The second-order valence-electron chi connectivity index (χ2n) is 5.31. The van der Waals surface area contributed by atoms with Crippen molar-refractivity contribution in [1.29, 1.82) is 0 Å². The molecule has 1 amide bonds. The van der Waals surface area contributed by atoms with Crippen LogP contribution in [0.25, 0.3) is 0 Å². The fraction of sp³-hybridized carbons (Fsp3) is 0.500. The molecule has 0 aliphatic carbocycles. The molecule has 6 nitrogen and oxygen atoms in total. The van der Waals surface area contributed by atoms with Gasteiger partial charge in [0.1, 0.15) is 0 Å². The molecule has 1 aromatic rings. The quantitative estimate of drug-likeness (QED) is 0.278. The first kappa shape index (κ1) is 22.9. The zero-order valence-corrected chi connectivity index (χ0v) is 17.6. The zero-order chi connectivity index (χ0) is 17.2. The number of hydrogen-bond donors (Lipinski definition) is 2. The van der Waals surface area contributed by atoms with Gasteiger partial charge in [0.05, 0.1) is 19.7 Å². The van der Waals surface area contributed by atoms with Crippen LogP contribution in [0, 0.1) is 6.92 Å². The summed E-state index contributed by atoms with van der Waals surface area (Å²) in [6.45, 7) is 3.81. The van der Waals surface area contributed by atoms with Crippen molar-refractivity contribution in [2.75, 3.05) is 40.9 Å². The lowest BCUT2D eigenvalue weighted by molar-refractivity contribution is -0.127. The zero-order valence-electron chi connectivity index (χ0n) is 14.6. The molecule has 0 atom stereocenters. The van der Waals surface area contributed by atoms with E-state index in [0.717, 1.165) is 16.1 Å². The van der Waals surface area contributed by atoms with E-state index >= 15 is 0 Å². The summed E-state index contributed by atoms with van der Waals surface area (Å²) in [7, 11) is 5.07. The van der Waals surface area contributed by atoms with Crippen molar-refractivity contribution in [3.63, 3.8) is 0 Å². The van der Waals surface area contributed by atoms with E-state index in [-0.39, 0.29) is 36.4 Å². The van der Waals surface area contributed by atoms with E-state index in [9.17, 15) is 4.79 Å². The van der Waals surface area contributed by atoms with E-state index in [0.29, 0.717) is 25.7 Å². The maximum Gasteiger partial charge on any atom is 0.241 e. The molecule has 0 saturated heterocycles. The van der Waals surface area contributed by atoms with Crippen LogP contribution in [-0.2, 0) is 16.1 Å². The van der Waals surface area contributed by atoms with Gasteiger partial charge in [-0.3, -0.25) is 4.79 Å². The first-order valence-electron chi connectivity index (χ1n) is 7.40. The maximum absolute atomic E-state index is 11.7. The van der Waals surface area contributed by atoms with Gasteiger partial charge < -0.3 is 20.3 Å². The average molecular weight is 469 g/mol. The van der Waals surface area contributed by atoms with Gasteiger partial charge in [-0.05, 0) is 24.1 Å². The van der Waals surface area contributed by atoms with Crippen LogP contribution in [0.4, 0.5) is 0 Å². The first-order chi connectivity index (χ1) is 10.9. The predicted octanol–water partition coefficient (Wildman–Crippen LogP) is 2.04. The molecule has 1 aromatic carbocycles. The van der Waals surface area contributed by atoms with Crippen molar-refractivity contribution in [3.05, 3.63) is 34.3 Å². The third-order valence-electron chi connectivity index (χ3n) is 3.15. The molecule has 0 saturated carbocycles. The number of methoxy groups -OCH3 is 1. The Balaban J connectivity index is 0.00000529. The molecule has 2 N–H and O–H groups in total. The Morgan fingerprint density at radius 2 is 2.04 bits per heavy atom. The van der Waals surface area contributed by atoms with Crippen LogP contribution in [0.1, 0.15) is 11.1 Å². The molecule has 0 bridgehead atoms. The Morgan fingerprint density at radius 3 is 2.62 bits per heavy atom. The number of guanidine groups is 1. The number of carbonyl (C=O) groups is 1. The van der Waals surface area contributed by atoms with Gasteiger partial charge in [-0.2, -0.15) is 0 Å². The fourth-order valence-electron chi connectivity index (χ4n) is 1.74. The summed E-state index contributed by atoms with van der Waals surface area (Å²) in [4.78, 5) is 17.7. The molecule has 0 spiro atoms. The number of amides is 1. The van der Waals surface area contributed by atoms with Crippen LogP contribution in [0.3, 0.4) is 0 Å². The van der Waals surface area contributed by atoms with Gasteiger partial charge in [-0.15, -0.1) is 24.0 Å². The number of likely N-dealkylation sites (N-methyl/N-ethyl adjacent to an activating group) is 1. The molecule has 8 heteroatoms. The topological polar surface area (TPSA) is 66.0 Å². The maximum atomic E-state index is 11.7. The smallest absolute Gasteiger partial charge is 0.241 e. The van der Waals surface area contributed by atoms with E-state index in [4.69, 9.17) is 16.3 Å². The lowest BCUT2D eigenvalue weighted by Crippen LogP contribution is -2.43. The monoisotopic (exact) mass is 468 g/mol. The number of nitrogens with zero attached hydrogens (tertiary/aromatic N) is 2. The lowest BCUT2D eigenvalue weighted by Gasteiger charge is -2.15. The van der Waals surface area contributed by atoms with E-state index in [2.05, 4.69) is 15.6 Å². The Kier molecular flexibility index (Phi) is 11.8. The van der Waals surface area contributed by atoms with E-state index in [1.165, 1.54) is 4.90 Å². The minimum absolute atomic E-state index is 0. The van der Waals surface area contributed by atoms with Crippen LogP contribution in [0.15, 0.2) is 23.2 Å². The SMILES string of the molecule is COCCNC(=NCc1ccc(Cl)c(C)c1)NCC(=O)N(C)C.I. The molecule has 0 aliphatic heterocycles. The summed E-state index contributed by atoms with van der Waals surface area (Å²) in [6.07, 6.45) is 0. The number of aryl methyl sites for hydroxylation is 1. The van der Waals surface area contributed by atoms with Gasteiger partial charge >= 0.3 is 0 Å². The molecular formula is C16H26ClIN4O2. The Morgan fingerprint density at radius 1 is 1.33 bits per heavy atom. The predicted molar refractivity (Wildman–Crippen MR) is 109 cm³/mol. The third-order valence-corrected chi connectivity index (χ3v) is 3.57. The molecule has 0 aromatic heterocycles. The van der Waals surface area contributed by atoms with Crippen LogP contribution in [-0.4, -0.2) is 57.7 Å². The van der Waals surface area contributed by atoms with Gasteiger partial charge in [-0.1, -0.05) is 23.7 Å². The highest BCUT2D eigenvalue weighted by atomic mass is 127. The minimum atomic E-state index is -0.0198. The number of carbonyl (C=O) groups excluding carboxylic acids is 1. The summed E-state index contributed by atoms with van der Waals surface area (Å²) in [5.41, 5.74) is 2.07. The summed E-state index contributed by atoms with van der Waals surface area (Å²) in [5.74, 6) is 0.554. The lowest BCUT2D eigenvalue weighted by atomic mass is 10.1. The summed E-state index contributed by atoms with van der Waals surface area (Å²) in [6, 6.07) is 5.81. The third kappa shape index (κ3) is 8.70. The minimum Gasteiger partial charge on any atom is -0.383 e. The van der Waals surface area contributed by atoms with Crippen molar-refractivity contribution >= 4 is 47.4 Å². The molecule has 0 unspecified atom stereocenters. The molecule has 24 heavy (non-hydrogen) atoms. The molecule has 0 heterocycles. The molecule has 0 radical (unpaired) electrons. The molecule has 1 rings (SSSR count). The fourth-order valence-corrected chi connectivity index (χ4v) is 1.86. The number of halogens is 2. The largest absolute Gasteiger partial charge is 0.383 e. The number of ether oxygens (including phenoxy) is 1. The van der Waals surface area contributed by atoms with Crippen molar-refractivity contribution in [3.8, 4) is 0 Å². The Bertz CT molecular complexity index is 553. The summed E-state index contributed by atoms with van der Waals surface area (Å²) in [5, 5.41) is 6.89. The Labute approximate surface area is 166 Å². The van der Waals surface area contributed by atoms with E-state index in [1.54, 1.807) is 21.2 Å². The summed E-state index contributed by atoms with van der Waals surface area (Å²) >= 11 is 6.03. The van der Waals surface area contributed by atoms with Crippen LogP contribution >= 0.6 is 35.6 Å². The second kappa shape index (κ2) is 12.3. The number of nitrogens with one attached hydrogen (secondary N) is 2. The molecular weight excluding hydrogens is 443 g/mol. The van der Waals surface area contributed by atoms with Crippen molar-refractivity contribution in [1.82, 2.24) is 15.5 Å². The first-order valence-corrected chi connectivity index (χ1v) is 7.78. The molecule has 0 fully saturated rings. The van der Waals surface area contributed by atoms with Crippen molar-refractivity contribution in [2.45, 2.75) is 13.5 Å². The normalized spacial score (nSPS) is 10.8. The van der Waals surface area contributed by atoms with Gasteiger partial charge in [0.2, 0.25) is 5.91 Å². The van der Waals surface area contributed by atoms with Gasteiger partial charge in [0.25, 0.3) is 0 Å². The van der Waals surface area contributed by atoms with Gasteiger partial charge in [-0.25, -0.2) is 4.99 Å². The number of rotatable bonds is 7. The van der Waals surface area contributed by atoms with Crippen LogP contribution in [0.5, 0.6) is 0 Å². The van der Waals surface area contributed by atoms with E-state index < -0.39 is 0 Å². The number of hydrogen-bond acceptors (Lipinski definition) is 3.